The maximum atomic E-state index is 13.4. The highest BCUT2D eigenvalue weighted by Gasteiger charge is 2.34. The van der Waals surface area contributed by atoms with Crippen LogP contribution in [0.1, 0.15) is 31.8 Å². The fourth-order valence-electron chi connectivity index (χ4n) is 5.30. The first kappa shape index (κ1) is 38.9. The van der Waals surface area contributed by atoms with E-state index in [1.54, 1.807) is 0 Å². The molecule has 0 bridgehead atoms. The first-order chi connectivity index (χ1) is 26.2. The predicted molar refractivity (Wildman–Crippen MR) is 201 cm³/mol. The third kappa shape index (κ3) is 8.16. The zero-order valence-corrected chi connectivity index (χ0v) is 30.1. The zero-order chi connectivity index (χ0) is 40.7. The molecule has 4 aromatic rings. The van der Waals surface area contributed by atoms with Gasteiger partial charge < -0.3 is 20.8 Å². The minimum absolute atomic E-state index is 0.00458. The molecule has 9 N–H and O–H groups in total. The Kier molecular flexibility index (Phi) is 10.1. The summed E-state index contributed by atoms with van der Waals surface area (Å²) in [6.07, 6.45) is 1.81. The molecule has 2 amide bonds. The van der Waals surface area contributed by atoms with Gasteiger partial charge in [-0.25, -0.2) is 4.79 Å². The standard InChI is InChI=1S/C33H24N6O14S3/c40-25-4-2-1-3-23(25)36-38-29-27(55(48,49)50)13-16-11-18(5-8-21(16)31(29)42)34-33(44)35-19-6-9-22-17(12-19)14-28(56(51,52)53)30(32(22)43)39-37-24-15-20(54(45,46)47)7-10-26(24)41/h1-15,36-37,40-41H,(H2,34,35,44)(H,45,46,47)(H,48,49,50)(H,51,52,53). The highest BCUT2D eigenvalue weighted by atomic mass is 32.2. The fourth-order valence-corrected chi connectivity index (χ4v) is 7.12. The molecule has 0 fully saturated rings. The molecule has 2 aliphatic rings. The maximum Gasteiger partial charge on any atom is 0.323 e. The number of fused-ring (bicyclic) bond motifs is 2. The Bertz CT molecular complexity index is 2870. The van der Waals surface area contributed by atoms with Gasteiger partial charge in [-0.3, -0.25) is 34.1 Å². The van der Waals surface area contributed by atoms with Gasteiger partial charge in [0.2, 0.25) is 11.6 Å². The molecule has 0 heterocycles. The van der Waals surface area contributed by atoms with Crippen LogP contribution >= 0.6 is 0 Å². The average molecular weight is 825 g/mol. The Morgan fingerprint density at radius 3 is 1.48 bits per heavy atom. The summed E-state index contributed by atoms with van der Waals surface area (Å²) in [5, 5.41) is 32.4. The van der Waals surface area contributed by atoms with Crippen LogP contribution in [0.25, 0.3) is 12.2 Å². The van der Waals surface area contributed by atoms with Crippen LogP contribution in [-0.2, 0) is 30.4 Å². The third-order valence-corrected chi connectivity index (χ3v) is 10.5. The van der Waals surface area contributed by atoms with E-state index in [2.05, 4.69) is 31.7 Å². The van der Waals surface area contributed by atoms with Gasteiger partial charge in [-0.2, -0.15) is 35.5 Å². The highest BCUT2D eigenvalue weighted by Crippen LogP contribution is 2.32. The molecule has 4 aromatic carbocycles. The highest BCUT2D eigenvalue weighted by molar-refractivity contribution is 7.91. The largest absolute Gasteiger partial charge is 0.506 e. The van der Waals surface area contributed by atoms with E-state index in [1.807, 2.05) is 0 Å². The topological polar surface area (TPSA) is 328 Å². The average Bonchev–Trinajstić information content (AvgIpc) is 3.10. The van der Waals surface area contributed by atoms with Crippen LogP contribution in [0.2, 0.25) is 0 Å². The van der Waals surface area contributed by atoms with Gasteiger partial charge in [0.25, 0.3) is 30.4 Å². The molecule has 0 aliphatic heterocycles. The first-order valence-electron chi connectivity index (χ1n) is 15.3. The van der Waals surface area contributed by atoms with E-state index < -0.39 is 85.5 Å². The number of urea groups is 1. The number of amides is 2. The van der Waals surface area contributed by atoms with Crippen LogP contribution in [0.4, 0.5) is 27.5 Å². The lowest BCUT2D eigenvalue weighted by molar-refractivity contribution is 0.105. The summed E-state index contributed by atoms with van der Waals surface area (Å²) >= 11 is 0. The summed E-state index contributed by atoms with van der Waals surface area (Å²) < 4.78 is 101. The number of hydrazone groups is 2. The van der Waals surface area contributed by atoms with Gasteiger partial charge in [0, 0.05) is 22.5 Å². The van der Waals surface area contributed by atoms with E-state index in [9.17, 15) is 63.5 Å². The minimum Gasteiger partial charge on any atom is -0.506 e. The Hall–Kier alpha value is -6.76. The molecule has 0 aromatic heterocycles. The second-order valence-electron chi connectivity index (χ2n) is 11.6. The summed E-state index contributed by atoms with van der Waals surface area (Å²) in [6.45, 7) is 0. The molecule has 0 atom stereocenters. The van der Waals surface area contributed by atoms with Crippen LogP contribution in [0.5, 0.6) is 11.5 Å². The smallest absolute Gasteiger partial charge is 0.323 e. The summed E-state index contributed by atoms with van der Waals surface area (Å²) in [5.41, 5.74) is 2.29. The molecule has 0 saturated heterocycles. The molecular weight excluding hydrogens is 801 g/mol. The molecule has 288 valence electrons. The molecule has 0 saturated carbocycles. The normalized spacial score (nSPS) is 15.7. The summed E-state index contributed by atoms with van der Waals surface area (Å²) in [4.78, 5) is 37.1. The number of rotatable bonds is 9. The number of carbonyl (C=O) groups excluding carboxylic acids is 3. The van der Waals surface area contributed by atoms with Crippen LogP contribution in [0.3, 0.4) is 0 Å². The van der Waals surface area contributed by atoms with Crippen molar-refractivity contribution in [3.8, 4) is 11.5 Å². The number of phenolic OH excluding ortho intramolecular Hbond substituents is 2. The Labute approximate surface area is 315 Å². The summed E-state index contributed by atoms with van der Waals surface area (Å²) in [6, 6.07) is 14.8. The van der Waals surface area contributed by atoms with Gasteiger partial charge in [0.15, 0.2) is 11.4 Å². The van der Waals surface area contributed by atoms with Crippen LogP contribution in [-0.4, -0.2) is 78.1 Å². The first-order valence-corrected chi connectivity index (χ1v) is 19.6. The number of carbonyl (C=O) groups is 3. The number of allylic oxidation sites excluding steroid dienone is 2. The van der Waals surface area contributed by atoms with Crippen LogP contribution in [0.15, 0.2) is 104 Å². The molecule has 2 aliphatic carbocycles. The molecule has 20 nitrogen and oxygen atoms in total. The molecule has 6 rings (SSSR count). The maximum absolute atomic E-state index is 13.4. The number of para-hydroxylation sites is 2. The van der Waals surface area contributed by atoms with E-state index in [4.69, 9.17) is 0 Å². The minimum atomic E-state index is -5.15. The monoisotopic (exact) mass is 824 g/mol. The molecule has 0 spiro atoms. The molecular formula is C33H24N6O14S3. The summed E-state index contributed by atoms with van der Waals surface area (Å²) in [7, 11) is -14.9. The van der Waals surface area contributed by atoms with Gasteiger partial charge >= 0.3 is 6.03 Å². The van der Waals surface area contributed by atoms with Crippen molar-refractivity contribution in [2.24, 2.45) is 10.2 Å². The van der Waals surface area contributed by atoms with E-state index >= 15 is 0 Å². The predicted octanol–water partition coefficient (Wildman–Crippen LogP) is 3.77. The van der Waals surface area contributed by atoms with Crippen molar-refractivity contribution >= 4 is 94.3 Å². The molecule has 0 unspecified atom stereocenters. The van der Waals surface area contributed by atoms with Gasteiger partial charge in [0.05, 0.1) is 16.3 Å². The number of ketones is 2. The van der Waals surface area contributed by atoms with E-state index in [-0.39, 0.29) is 45.1 Å². The van der Waals surface area contributed by atoms with Crippen molar-refractivity contribution in [1.29, 1.82) is 0 Å². The second-order valence-corrected chi connectivity index (χ2v) is 15.8. The fraction of sp³-hybridized carbons (Fsp3) is 0. The number of nitrogens with one attached hydrogen (secondary N) is 4. The number of nitrogens with zero attached hydrogens (tertiary/aromatic N) is 2. The second kappa shape index (κ2) is 14.5. The Balaban J connectivity index is 1.23. The lowest BCUT2D eigenvalue weighted by Crippen LogP contribution is -2.27. The SMILES string of the molecule is O=C(Nc1ccc2c(c1)C=C(S(=O)(=O)O)C(=NNc1ccccc1O)C2=O)Nc1ccc2c(c1)C=C(S(=O)(=O)O)C(=NNc1cc(S(=O)(=O)O)ccc1O)C2=O. The lowest BCUT2D eigenvalue weighted by atomic mass is 9.94. The van der Waals surface area contributed by atoms with Crippen molar-refractivity contribution in [3.63, 3.8) is 0 Å². The molecule has 56 heavy (non-hydrogen) atoms. The molecule has 23 heteroatoms. The summed E-state index contributed by atoms with van der Waals surface area (Å²) in [5.74, 6) is -2.81. The Morgan fingerprint density at radius 2 is 1.02 bits per heavy atom. The van der Waals surface area contributed by atoms with Crippen LogP contribution < -0.4 is 21.5 Å². The van der Waals surface area contributed by atoms with Crippen molar-refractivity contribution in [1.82, 2.24) is 0 Å². The molecule has 0 radical (unpaired) electrons. The number of hydrogen-bond donors (Lipinski definition) is 9. The lowest BCUT2D eigenvalue weighted by Gasteiger charge is -2.18. The number of aromatic hydroxyl groups is 2. The zero-order valence-electron chi connectivity index (χ0n) is 27.7. The third-order valence-electron chi connectivity index (χ3n) is 7.88. The van der Waals surface area contributed by atoms with Gasteiger partial charge in [-0.1, -0.05) is 12.1 Å². The number of anilines is 4. The van der Waals surface area contributed by atoms with Gasteiger partial charge in [-0.05, 0) is 90.0 Å². The van der Waals surface area contributed by atoms with Crippen molar-refractivity contribution < 1.29 is 63.5 Å². The van der Waals surface area contributed by atoms with Crippen molar-refractivity contribution in [3.05, 3.63) is 111 Å². The van der Waals surface area contributed by atoms with E-state index in [0.29, 0.717) is 0 Å². The number of benzene rings is 4. The van der Waals surface area contributed by atoms with Gasteiger partial charge in [-0.15, -0.1) is 0 Å². The van der Waals surface area contributed by atoms with Gasteiger partial charge in [0.1, 0.15) is 21.3 Å². The Morgan fingerprint density at radius 1 is 0.554 bits per heavy atom. The number of phenols is 2. The van der Waals surface area contributed by atoms with E-state index in [0.717, 1.165) is 30.4 Å². The van der Waals surface area contributed by atoms with Crippen molar-refractivity contribution in [2.45, 2.75) is 4.90 Å². The van der Waals surface area contributed by atoms with E-state index in [1.165, 1.54) is 60.7 Å². The van der Waals surface area contributed by atoms with Crippen LogP contribution in [0, 0.1) is 0 Å². The van der Waals surface area contributed by atoms with Crippen molar-refractivity contribution in [2.75, 3.05) is 21.5 Å². The number of hydrogen-bond acceptors (Lipinski definition) is 15. The quantitative estimate of drug-likeness (QED) is 0.0659. The number of Topliss-reactive ketones (excluding diaryl/α,β-unsaturated/α-hetero) is 2.